The number of hydrogen-bond donors (Lipinski definition) is 1. The summed E-state index contributed by atoms with van der Waals surface area (Å²) in [4.78, 5) is 0. The van der Waals surface area contributed by atoms with E-state index in [1.807, 2.05) is 6.07 Å². The fourth-order valence-corrected chi connectivity index (χ4v) is 1.75. The molecule has 0 aliphatic rings. The molecular weight excluding hydrogens is 196 g/mol. The predicted octanol–water partition coefficient (Wildman–Crippen LogP) is 4.28. The second-order valence-corrected chi connectivity index (χ2v) is 6.83. The Hall–Kier alpha value is -0.980. The largest absolute Gasteiger partial charge is 0.508 e. The van der Waals surface area contributed by atoms with Crippen molar-refractivity contribution in [2.24, 2.45) is 5.41 Å². The Morgan fingerprint density at radius 1 is 1.00 bits per heavy atom. The number of rotatable bonds is 1. The SMILES string of the molecule is CC(C)(C)Cc1ccc(C(C)(C)C)cc1O. The molecule has 1 heteroatoms. The lowest BCUT2D eigenvalue weighted by atomic mass is 9.83. The molecule has 0 bridgehead atoms. The quantitative estimate of drug-likeness (QED) is 0.749. The fraction of sp³-hybridized carbons (Fsp3) is 0.600. The van der Waals surface area contributed by atoms with Crippen molar-refractivity contribution in [1.82, 2.24) is 0 Å². The van der Waals surface area contributed by atoms with Crippen LogP contribution in [0.1, 0.15) is 52.7 Å². The maximum absolute atomic E-state index is 10.0. The molecule has 1 rings (SSSR count). The van der Waals surface area contributed by atoms with E-state index in [4.69, 9.17) is 0 Å². The van der Waals surface area contributed by atoms with Crippen LogP contribution in [-0.4, -0.2) is 5.11 Å². The molecule has 1 aromatic carbocycles. The van der Waals surface area contributed by atoms with Gasteiger partial charge in [0.05, 0.1) is 0 Å². The number of phenols is 1. The van der Waals surface area contributed by atoms with E-state index >= 15 is 0 Å². The first-order chi connectivity index (χ1) is 7.09. The molecule has 0 atom stereocenters. The Balaban J connectivity index is 3.01. The summed E-state index contributed by atoms with van der Waals surface area (Å²) in [6.45, 7) is 13.0. The third-order valence-electron chi connectivity index (χ3n) is 2.67. The molecule has 0 spiro atoms. The van der Waals surface area contributed by atoms with Gasteiger partial charge in [-0.3, -0.25) is 0 Å². The van der Waals surface area contributed by atoms with Crippen molar-refractivity contribution in [3.05, 3.63) is 29.3 Å². The van der Waals surface area contributed by atoms with Crippen LogP contribution in [0, 0.1) is 5.41 Å². The lowest BCUT2D eigenvalue weighted by Crippen LogP contribution is -2.12. The minimum atomic E-state index is 0.0950. The van der Waals surface area contributed by atoms with E-state index < -0.39 is 0 Å². The van der Waals surface area contributed by atoms with E-state index in [1.165, 1.54) is 5.56 Å². The van der Waals surface area contributed by atoms with Crippen LogP contribution in [0.5, 0.6) is 5.75 Å². The summed E-state index contributed by atoms with van der Waals surface area (Å²) >= 11 is 0. The molecule has 0 saturated carbocycles. The fourth-order valence-electron chi connectivity index (χ4n) is 1.75. The molecule has 16 heavy (non-hydrogen) atoms. The normalized spacial score (nSPS) is 12.9. The molecule has 0 heterocycles. The summed E-state index contributed by atoms with van der Waals surface area (Å²) in [5, 5.41) is 10.0. The van der Waals surface area contributed by atoms with E-state index in [1.54, 1.807) is 0 Å². The van der Waals surface area contributed by atoms with Crippen LogP contribution < -0.4 is 0 Å². The minimum absolute atomic E-state index is 0.0950. The van der Waals surface area contributed by atoms with Crippen LogP contribution in [-0.2, 0) is 11.8 Å². The molecule has 0 radical (unpaired) electrons. The molecule has 0 saturated heterocycles. The van der Waals surface area contributed by atoms with Gasteiger partial charge in [0.2, 0.25) is 0 Å². The molecule has 0 aliphatic carbocycles. The van der Waals surface area contributed by atoms with Crippen molar-refractivity contribution >= 4 is 0 Å². The standard InChI is InChI=1S/C15H24O/c1-14(2,3)10-11-7-8-12(9-13(11)16)15(4,5)6/h7-9,16H,10H2,1-6H3. The van der Waals surface area contributed by atoms with E-state index in [-0.39, 0.29) is 10.8 Å². The molecule has 0 amide bonds. The van der Waals surface area contributed by atoms with Crippen molar-refractivity contribution in [1.29, 1.82) is 0 Å². The van der Waals surface area contributed by atoms with Crippen molar-refractivity contribution in [2.45, 2.75) is 53.4 Å². The van der Waals surface area contributed by atoms with Gasteiger partial charge in [0.25, 0.3) is 0 Å². The summed E-state index contributed by atoms with van der Waals surface area (Å²) in [7, 11) is 0. The highest BCUT2D eigenvalue weighted by Gasteiger charge is 2.18. The molecule has 0 fully saturated rings. The monoisotopic (exact) mass is 220 g/mol. The maximum Gasteiger partial charge on any atom is 0.119 e. The van der Waals surface area contributed by atoms with Crippen LogP contribution >= 0.6 is 0 Å². The molecule has 0 aliphatic heterocycles. The Morgan fingerprint density at radius 3 is 1.94 bits per heavy atom. The average molecular weight is 220 g/mol. The molecule has 1 N–H and O–H groups in total. The molecular formula is C15H24O. The van der Waals surface area contributed by atoms with Crippen molar-refractivity contribution in [2.75, 3.05) is 0 Å². The zero-order valence-electron chi connectivity index (χ0n) is 11.4. The van der Waals surface area contributed by atoms with Gasteiger partial charge in [-0.2, -0.15) is 0 Å². The first-order valence-corrected chi connectivity index (χ1v) is 5.92. The third kappa shape index (κ3) is 3.55. The molecule has 0 aromatic heterocycles. The van der Waals surface area contributed by atoms with Crippen molar-refractivity contribution in [3.8, 4) is 5.75 Å². The molecule has 1 aromatic rings. The van der Waals surface area contributed by atoms with Gasteiger partial charge in [0, 0.05) is 0 Å². The number of aromatic hydroxyl groups is 1. The zero-order valence-corrected chi connectivity index (χ0v) is 11.4. The lowest BCUT2D eigenvalue weighted by molar-refractivity contribution is 0.394. The van der Waals surface area contributed by atoms with Gasteiger partial charge in [0.1, 0.15) is 5.75 Å². The lowest BCUT2D eigenvalue weighted by Gasteiger charge is -2.22. The van der Waals surface area contributed by atoms with Gasteiger partial charge in [0.15, 0.2) is 0 Å². The summed E-state index contributed by atoms with van der Waals surface area (Å²) in [5.74, 6) is 0.433. The van der Waals surface area contributed by atoms with Crippen LogP contribution in [0.15, 0.2) is 18.2 Å². The second-order valence-electron chi connectivity index (χ2n) is 6.83. The second kappa shape index (κ2) is 4.12. The smallest absolute Gasteiger partial charge is 0.119 e. The minimum Gasteiger partial charge on any atom is -0.508 e. The zero-order chi connectivity index (χ0) is 12.6. The summed E-state index contributed by atoms with van der Waals surface area (Å²) in [5.41, 5.74) is 2.53. The number of phenolic OH excluding ortho intramolecular Hbond substituents is 1. The van der Waals surface area contributed by atoms with Gasteiger partial charge >= 0.3 is 0 Å². The highest BCUT2D eigenvalue weighted by molar-refractivity contribution is 5.39. The first-order valence-electron chi connectivity index (χ1n) is 5.92. The summed E-state index contributed by atoms with van der Waals surface area (Å²) < 4.78 is 0. The van der Waals surface area contributed by atoms with E-state index in [0.29, 0.717) is 5.75 Å². The number of benzene rings is 1. The number of hydrogen-bond acceptors (Lipinski definition) is 1. The highest BCUT2D eigenvalue weighted by Crippen LogP contribution is 2.31. The Labute approximate surface area is 99.5 Å². The first kappa shape index (κ1) is 13.1. The molecule has 1 nitrogen and oxygen atoms in total. The van der Waals surface area contributed by atoms with Crippen molar-refractivity contribution in [3.63, 3.8) is 0 Å². The van der Waals surface area contributed by atoms with E-state index in [2.05, 4.69) is 53.7 Å². The van der Waals surface area contributed by atoms with E-state index in [0.717, 1.165) is 12.0 Å². The Morgan fingerprint density at radius 2 is 1.56 bits per heavy atom. The predicted molar refractivity (Wildman–Crippen MR) is 70.0 cm³/mol. The third-order valence-corrected chi connectivity index (χ3v) is 2.67. The van der Waals surface area contributed by atoms with E-state index in [9.17, 15) is 5.11 Å². The highest BCUT2D eigenvalue weighted by atomic mass is 16.3. The van der Waals surface area contributed by atoms with Crippen LogP contribution in [0.3, 0.4) is 0 Å². The molecule has 0 unspecified atom stereocenters. The van der Waals surface area contributed by atoms with Crippen LogP contribution in [0.4, 0.5) is 0 Å². The van der Waals surface area contributed by atoms with Crippen LogP contribution in [0.2, 0.25) is 0 Å². The topological polar surface area (TPSA) is 20.2 Å². The summed E-state index contributed by atoms with van der Waals surface area (Å²) in [6, 6.07) is 6.09. The van der Waals surface area contributed by atoms with Gasteiger partial charge in [-0.15, -0.1) is 0 Å². The van der Waals surface area contributed by atoms with Gasteiger partial charge in [-0.25, -0.2) is 0 Å². The summed E-state index contributed by atoms with van der Waals surface area (Å²) in [6.07, 6.45) is 0.906. The Bertz CT molecular complexity index is 364. The Kier molecular flexibility index (Phi) is 3.37. The van der Waals surface area contributed by atoms with Gasteiger partial charge < -0.3 is 5.11 Å². The van der Waals surface area contributed by atoms with Crippen molar-refractivity contribution < 1.29 is 5.11 Å². The van der Waals surface area contributed by atoms with Crippen LogP contribution in [0.25, 0.3) is 0 Å². The van der Waals surface area contributed by atoms with Gasteiger partial charge in [-0.05, 0) is 34.4 Å². The average Bonchev–Trinajstić information content (AvgIpc) is 2.04. The molecule has 90 valence electrons. The maximum atomic E-state index is 10.0. The van der Waals surface area contributed by atoms with Gasteiger partial charge in [-0.1, -0.05) is 53.7 Å².